The Labute approximate surface area is 154 Å². The number of thioether (sulfide) groups is 1. The highest BCUT2D eigenvalue weighted by Gasteiger charge is 2.13. The van der Waals surface area contributed by atoms with E-state index in [4.69, 9.17) is 9.52 Å². The molecule has 0 aliphatic carbocycles. The van der Waals surface area contributed by atoms with E-state index in [0.29, 0.717) is 22.5 Å². The van der Waals surface area contributed by atoms with Crippen LogP contribution in [0.5, 0.6) is 0 Å². The van der Waals surface area contributed by atoms with Crippen molar-refractivity contribution in [3.63, 3.8) is 0 Å². The Bertz CT molecular complexity index is 1110. The van der Waals surface area contributed by atoms with E-state index >= 15 is 0 Å². The quantitative estimate of drug-likeness (QED) is 0.395. The van der Waals surface area contributed by atoms with Crippen LogP contribution in [0.2, 0.25) is 0 Å². The van der Waals surface area contributed by atoms with Crippen molar-refractivity contribution in [1.82, 2.24) is 19.7 Å². The maximum atomic E-state index is 9.16. The Hall–Kier alpha value is -2.93. The molecule has 4 rings (SSSR count). The molecule has 3 aromatic heterocycles. The summed E-state index contributed by atoms with van der Waals surface area (Å²) in [5, 5.41) is 17.9. The number of aromatic nitrogens is 4. The van der Waals surface area contributed by atoms with Crippen molar-refractivity contribution in [3.05, 3.63) is 54.4 Å². The number of nitrogens with one attached hydrogen (secondary N) is 1. The molecule has 0 unspecified atom stereocenters. The van der Waals surface area contributed by atoms with Crippen LogP contribution in [0.3, 0.4) is 0 Å². The van der Waals surface area contributed by atoms with Gasteiger partial charge in [-0.05, 0) is 43.3 Å². The van der Waals surface area contributed by atoms with Crippen molar-refractivity contribution in [2.75, 3.05) is 5.75 Å². The summed E-state index contributed by atoms with van der Waals surface area (Å²) in [7, 11) is 2.06. The summed E-state index contributed by atoms with van der Waals surface area (Å²) < 4.78 is 8.13. The summed E-state index contributed by atoms with van der Waals surface area (Å²) in [5.41, 5.74) is 3.43. The molecule has 0 atom stereocenters. The van der Waals surface area contributed by atoms with Gasteiger partial charge >= 0.3 is 0 Å². The number of aliphatic hydroxyl groups is 1. The zero-order valence-electron chi connectivity index (χ0n) is 14.5. The molecule has 0 amide bonds. The lowest BCUT2D eigenvalue weighted by atomic mass is 10.1. The van der Waals surface area contributed by atoms with Crippen molar-refractivity contribution in [1.29, 1.82) is 0 Å². The number of H-pyrrole nitrogens is 1. The Kier molecular flexibility index (Phi) is 4.08. The highest BCUT2D eigenvalue weighted by Crippen LogP contribution is 2.30. The van der Waals surface area contributed by atoms with Crippen LogP contribution in [0, 0.1) is 6.92 Å². The van der Waals surface area contributed by atoms with Crippen LogP contribution in [-0.2, 0) is 7.05 Å². The molecule has 0 radical (unpaired) electrons. The SMILES string of the molecule is C=C(O)CSc1n[nH]c(-c2ccc(-c3ccc4c(c3)cc(C)n4C)o2)n1. The lowest BCUT2D eigenvalue weighted by molar-refractivity contribution is 0.420. The van der Waals surface area contributed by atoms with Gasteiger partial charge < -0.3 is 14.1 Å². The van der Waals surface area contributed by atoms with Gasteiger partial charge in [-0.3, -0.25) is 5.10 Å². The molecule has 0 aliphatic heterocycles. The summed E-state index contributed by atoms with van der Waals surface area (Å²) in [6, 6.07) is 12.2. The van der Waals surface area contributed by atoms with Gasteiger partial charge in [-0.15, -0.1) is 5.10 Å². The van der Waals surface area contributed by atoms with Crippen LogP contribution in [0.15, 0.2) is 58.3 Å². The topological polar surface area (TPSA) is 79.9 Å². The van der Waals surface area contributed by atoms with Gasteiger partial charge in [-0.25, -0.2) is 0 Å². The van der Waals surface area contributed by atoms with Gasteiger partial charge in [0.2, 0.25) is 5.16 Å². The number of nitrogens with zero attached hydrogens (tertiary/aromatic N) is 3. The first kappa shape index (κ1) is 16.5. The van der Waals surface area contributed by atoms with Crippen LogP contribution >= 0.6 is 11.8 Å². The maximum Gasteiger partial charge on any atom is 0.209 e. The fraction of sp³-hybridized carbons (Fsp3) is 0.158. The molecule has 7 heteroatoms. The standard InChI is InChI=1S/C19H18N4O2S/c1-11-8-14-9-13(4-5-15(14)23(11)3)16-6-7-17(25-16)18-20-19(22-21-18)26-10-12(2)24/h4-9,24H,2,10H2,1,3H3,(H,20,21,22). The largest absolute Gasteiger partial charge is 0.512 e. The molecule has 0 spiro atoms. The number of aromatic amines is 1. The van der Waals surface area contributed by atoms with E-state index in [9.17, 15) is 0 Å². The highest BCUT2D eigenvalue weighted by molar-refractivity contribution is 7.99. The van der Waals surface area contributed by atoms with E-state index < -0.39 is 0 Å². The van der Waals surface area contributed by atoms with E-state index in [1.165, 1.54) is 28.4 Å². The van der Waals surface area contributed by atoms with E-state index in [1.807, 2.05) is 12.1 Å². The molecule has 0 fully saturated rings. The highest BCUT2D eigenvalue weighted by atomic mass is 32.2. The average molecular weight is 366 g/mol. The van der Waals surface area contributed by atoms with Gasteiger partial charge in [-0.2, -0.15) is 4.98 Å². The molecule has 6 nitrogen and oxygen atoms in total. The third-order valence-corrected chi connectivity index (χ3v) is 5.16. The van der Waals surface area contributed by atoms with Crippen LogP contribution in [0.4, 0.5) is 0 Å². The second-order valence-corrected chi connectivity index (χ2v) is 7.05. The van der Waals surface area contributed by atoms with E-state index in [-0.39, 0.29) is 5.76 Å². The van der Waals surface area contributed by atoms with E-state index in [1.54, 1.807) is 0 Å². The van der Waals surface area contributed by atoms with Crippen molar-refractivity contribution in [2.24, 2.45) is 7.05 Å². The second-order valence-electron chi connectivity index (χ2n) is 6.10. The fourth-order valence-electron chi connectivity index (χ4n) is 2.83. The van der Waals surface area contributed by atoms with Crippen LogP contribution in [0.1, 0.15) is 5.69 Å². The Morgan fingerprint density at radius 3 is 2.88 bits per heavy atom. The summed E-state index contributed by atoms with van der Waals surface area (Å²) in [4.78, 5) is 4.37. The van der Waals surface area contributed by atoms with Crippen LogP contribution in [-0.4, -0.2) is 30.6 Å². The van der Waals surface area contributed by atoms with Gasteiger partial charge in [0, 0.05) is 29.2 Å². The molecule has 2 N–H and O–H groups in total. The maximum absolute atomic E-state index is 9.16. The zero-order chi connectivity index (χ0) is 18.3. The summed E-state index contributed by atoms with van der Waals surface area (Å²) in [6.45, 7) is 5.54. The van der Waals surface area contributed by atoms with Gasteiger partial charge in [0.1, 0.15) is 5.76 Å². The number of aryl methyl sites for hydroxylation is 2. The minimum Gasteiger partial charge on any atom is -0.512 e. The first-order valence-corrected chi connectivity index (χ1v) is 9.08. The number of aliphatic hydroxyl groups excluding tert-OH is 1. The molecular weight excluding hydrogens is 348 g/mol. The average Bonchev–Trinajstić information content (AvgIpc) is 3.33. The molecule has 0 bridgehead atoms. The van der Waals surface area contributed by atoms with Crippen molar-refractivity contribution < 1.29 is 9.52 Å². The molecule has 3 heterocycles. The summed E-state index contributed by atoms with van der Waals surface area (Å²) in [5.74, 6) is 2.40. The third kappa shape index (κ3) is 3.01. The molecule has 132 valence electrons. The summed E-state index contributed by atoms with van der Waals surface area (Å²) >= 11 is 1.31. The predicted octanol–water partition coefficient (Wildman–Crippen LogP) is 4.70. The second kappa shape index (κ2) is 6.42. The molecule has 0 saturated carbocycles. The minimum atomic E-state index is 0.0909. The van der Waals surface area contributed by atoms with Crippen molar-refractivity contribution in [2.45, 2.75) is 12.1 Å². The monoisotopic (exact) mass is 366 g/mol. The van der Waals surface area contributed by atoms with Crippen LogP contribution < -0.4 is 0 Å². The normalized spacial score (nSPS) is 11.3. The van der Waals surface area contributed by atoms with E-state index in [2.05, 4.69) is 64.6 Å². The number of furan rings is 1. The zero-order valence-corrected chi connectivity index (χ0v) is 15.3. The predicted molar refractivity (Wildman–Crippen MR) is 103 cm³/mol. The molecule has 4 aromatic rings. The Morgan fingerprint density at radius 2 is 2.08 bits per heavy atom. The van der Waals surface area contributed by atoms with Gasteiger partial charge in [0.25, 0.3) is 0 Å². The minimum absolute atomic E-state index is 0.0909. The van der Waals surface area contributed by atoms with Crippen LogP contribution in [0.25, 0.3) is 33.8 Å². The van der Waals surface area contributed by atoms with Crippen molar-refractivity contribution >= 4 is 22.7 Å². The number of hydrogen-bond acceptors (Lipinski definition) is 5. The first-order valence-electron chi connectivity index (χ1n) is 8.10. The number of benzene rings is 1. The third-order valence-electron chi connectivity index (χ3n) is 4.24. The lowest BCUT2D eigenvalue weighted by Gasteiger charge is -2.00. The summed E-state index contributed by atoms with van der Waals surface area (Å²) in [6.07, 6.45) is 0. The first-order chi connectivity index (χ1) is 12.5. The molecule has 0 aliphatic rings. The molecular formula is C19H18N4O2S. The molecule has 26 heavy (non-hydrogen) atoms. The van der Waals surface area contributed by atoms with Gasteiger partial charge in [0.15, 0.2) is 11.6 Å². The number of hydrogen-bond donors (Lipinski definition) is 2. The van der Waals surface area contributed by atoms with E-state index in [0.717, 1.165) is 11.3 Å². The fourth-order valence-corrected chi connectivity index (χ4v) is 3.39. The van der Waals surface area contributed by atoms with Gasteiger partial charge in [0.05, 0.1) is 11.5 Å². The van der Waals surface area contributed by atoms with Gasteiger partial charge in [-0.1, -0.05) is 18.3 Å². The molecule has 0 saturated heterocycles. The molecule has 1 aromatic carbocycles. The Balaban J connectivity index is 1.61. The smallest absolute Gasteiger partial charge is 0.209 e. The number of fused-ring (bicyclic) bond motifs is 1. The van der Waals surface area contributed by atoms with Crippen molar-refractivity contribution in [3.8, 4) is 22.9 Å². The number of rotatable bonds is 5. The lowest BCUT2D eigenvalue weighted by Crippen LogP contribution is -1.88. The Morgan fingerprint density at radius 1 is 1.27 bits per heavy atom.